The van der Waals surface area contributed by atoms with E-state index in [2.05, 4.69) is 72.8 Å². The van der Waals surface area contributed by atoms with Gasteiger partial charge in [0.2, 0.25) is 0 Å². The van der Waals surface area contributed by atoms with Crippen LogP contribution >= 0.6 is 0 Å². The molecular formula is C25H28O. The average molecular weight is 344 g/mol. The van der Waals surface area contributed by atoms with Crippen LogP contribution in [0.4, 0.5) is 0 Å². The van der Waals surface area contributed by atoms with Crippen molar-refractivity contribution in [2.45, 2.75) is 38.2 Å². The van der Waals surface area contributed by atoms with Crippen LogP contribution in [0.1, 0.15) is 29.5 Å². The molecule has 0 aromatic heterocycles. The van der Waals surface area contributed by atoms with Gasteiger partial charge in [0.05, 0.1) is 6.10 Å². The molecule has 0 fully saturated rings. The van der Waals surface area contributed by atoms with Crippen LogP contribution < -0.4 is 0 Å². The molecule has 3 aromatic carbocycles. The molecule has 0 aliphatic carbocycles. The zero-order valence-corrected chi connectivity index (χ0v) is 15.3. The topological polar surface area (TPSA) is 20.2 Å². The Hall–Kier alpha value is -2.38. The number of aliphatic hydroxyl groups excluding tert-OH is 1. The summed E-state index contributed by atoms with van der Waals surface area (Å²) in [7, 11) is 0. The minimum atomic E-state index is -0.290. The lowest BCUT2D eigenvalue weighted by Crippen LogP contribution is -2.18. The van der Waals surface area contributed by atoms with Crippen LogP contribution in [0, 0.1) is 5.92 Å². The van der Waals surface area contributed by atoms with Crippen molar-refractivity contribution in [1.29, 1.82) is 0 Å². The maximum absolute atomic E-state index is 10.6. The molecule has 2 atom stereocenters. The van der Waals surface area contributed by atoms with E-state index in [1.165, 1.54) is 16.7 Å². The Morgan fingerprint density at radius 2 is 1.04 bits per heavy atom. The Kier molecular flexibility index (Phi) is 7.04. The first-order valence-corrected chi connectivity index (χ1v) is 9.59. The Balaban J connectivity index is 1.61. The average Bonchev–Trinajstić information content (AvgIpc) is 2.68. The monoisotopic (exact) mass is 344 g/mol. The summed E-state index contributed by atoms with van der Waals surface area (Å²) in [5, 5.41) is 10.6. The summed E-state index contributed by atoms with van der Waals surface area (Å²) >= 11 is 0. The van der Waals surface area contributed by atoms with Gasteiger partial charge in [-0.05, 0) is 54.7 Å². The first-order valence-electron chi connectivity index (χ1n) is 9.59. The van der Waals surface area contributed by atoms with Gasteiger partial charge in [0.25, 0.3) is 0 Å². The molecule has 2 unspecified atom stereocenters. The van der Waals surface area contributed by atoms with E-state index in [9.17, 15) is 5.11 Å². The van der Waals surface area contributed by atoms with Gasteiger partial charge in [0.1, 0.15) is 0 Å². The molecule has 0 saturated carbocycles. The van der Waals surface area contributed by atoms with E-state index >= 15 is 0 Å². The Bertz CT molecular complexity index is 737. The molecule has 0 saturated heterocycles. The van der Waals surface area contributed by atoms with Gasteiger partial charge in [-0.25, -0.2) is 0 Å². The van der Waals surface area contributed by atoms with Crippen molar-refractivity contribution in [2.24, 2.45) is 5.92 Å². The number of rotatable bonds is 9. The third kappa shape index (κ3) is 6.16. The Morgan fingerprint density at radius 3 is 1.58 bits per heavy atom. The number of hydrogen-bond acceptors (Lipinski definition) is 1. The largest absolute Gasteiger partial charge is 0.393 e. The van der Waals surface area contributed by atoms with Gasteiger partial charge in [-0.3, -0.25) is 0 Å². The normalized spacial score (nSPS) is 13.3. The predicted molar refractivity (Wildman–Crippen MR) is 109 cm³/mol. The lowest BCUT2D eigenvalue weighted by Gasteiger charge is -2.21. The molecule has 0 spiro atoms. The van der Waals surface area contributed by atoms with Crippen LogP contribution in [0.5, 0.6) is 0 Å². The summed E-state index contributed by atoms with van der Waals surface area (Å²) in [5.41, 5.74) is 3.95. The number of aryl methyl sites for hydroxylation is 1. The third-order valence-electron chi connectivity index (χ3n) is 4.97. The second-order valence-electron chi connectivity index (χ2n) is 7.16. The molecule has 3 rings (SSSR count). The van der Waals surface area contributed by atoms with E-state index in [0.29, 0.717) is 5.92 Å². The molecule has 0 heterocycles. The van der Waals surface area contributed by atoms with E-state index in [1.54, 1.807) is 0 Å². The van der Waals surface area contributed by atoms with Gasteiger partial charge in [-0.1, -0.05) is 91.0 Å². The summed E-state index contributed by atoms with van der Waals surface area (Å²) in [4.78, 5) is 0. The minimum Gasteiger partial charge on any atom is -0.393 e. The van der Waals surface area contributed by atoms with Gasteiger partial charge in [0, 0.05) is 0 Å². The second kappa shape index (κ2) is 9.94. The molecule has 0 aliphatic heterocycles. The summed E-state index contributed by atoms with van der Waals surface area (Å²) < 4.78 is 0. The van der Waals surface area contributed by atoms with Crippen LogP contribution in [-0.2, 0) is 19.3 Å². The highest BCUT2D eigenvalue weighted by molar-refractivity contribution is 5.18. The van der Waals surface area contributed by atoms with Gasteiger partial charge in [-0.2, -0.15) is 0 Å². The Labute approximate surface area is 157 Å². The molecule has 1 nitrogen and oxygen atoms in total. The standard InChI is InChI=1S/C25H28O/c26-25(19-23-14-8-3-9-15-23)20-24(18-22-12-6-2-7-13-22)17-16-21-10-4-1-5-11-21/h1-15,24-26H,16-20H2. The van der Waals surface area contributed by atoms with E-state index < -0.39 is 0 Å². The Morgan fingerprint density at radius 1 is 0.577 bits per heavy atom. The fourth-order valence-electron chi connectivity index (χ4n) is 3.62. The molecule has 3 aromatic rings. The van der Waals surface area contributed by atoms with Gasteiger partial charge in [-0.15, -0.1) is 0 Å². The summed E-state index contributed by atoms with van der Waals surface area (Å²) in [5.74, 6) is 0.483. The van der Waals surface area contributed by atoms with Gasteiger partial charge < -0.3 is 5.11 Å². The first-order chi connectivity index (χ1) is 12.8. The number of benzene rings is 3. The molecule has 0 aliphatic rings. The van der Waals surface area contributed by atoms with E-state index in [0.717, 1.165) is 32.1 Å². The molecule has 1 N–H and O–H groups in total. The molecule has 1 heteroatoms. The zero-order valence-electron chi connectivity index (χ0n) is 15.3. The maximum atomic E-state index is 10.6. The maximum Gasteiger partial charge on any atom is 0.0583 e. The zero-order chi connectivity index (χ0) is 18.0. The van der Waals surface area contributed by atoms with Crippen LogP contribution in [0.2, 0.25) is 0 Å². The van der Waals surface area contributed by atoms with Crippen molar-refractivity contribution in [3.63, 3.8) is 0 Å². The lowest BCUT2D eigenvalue weighted by molar-refractivity contribution is 0.139. The predicted octanol–water partition coefficient (Wildman–Crippen LogP) is 5.47. The molecule has 0 amide bonds. The van der Waals surface area contributed by atoms with E-state index in [1.807, 2.05) is 18.2 Å². The van der Waals surface area contributed by atoms with Crippen molar-refractivity contribution >= 4 is 0 Å². The highest BCUT2D eigenvalue weighted by Gasteiger charge is 2.16. The van der Waals surface area contributed by atoms with Gasteiger partial charge in [0.15, 0.2) is 0 Å². The van der Waals surface area contributed by atoms with Crippen molar-refractivity contribution < 1.29 is 5.11 Å². The fraction of sp³-hybridized carbons (Fsp3) is 0.280. The van der Waals surface area contributed by atoms with Crippen LogP contribution in [0.15, 0.2) is 91.0 Å². The number of aliphatic hydroxyl groups is 1. The highest BCUT2D eigenvalue weighted by Crippen LogP contribution is 2.22. The van der Waals surface area contributed by atoms with Crippen molar-refractivity contribution in [3.8, 4) is 0 Å². The van der Waals surface area contributed by atoms with Crippen LogP contribution in [-0.4, -0.2) is 11.2 Å². The quantitative estimate of drug-likeness (QED) is 0.545. The SMILES string of the molecule is OC(Cc1ccccc1)CC(CCc1ccccc1)Cc1ccccc1. The molecule has 0 bridgehead atoms. The smallest absolute Gasteiger partial charge is 0.0583 e. The van der Waals surface area contributed by atoms with Crippen molar-refractivity contribution in [3.05, 3.63) is 108 Å². The lowest BCUT2D eigenvalue weighted by atomic mass is 9.87. The van der Waals surface area contributed by atoms with Gasteiger partial charge >= 0.3 is 0 Å². The molecular weight excluding hydrogens is 316 g/mol. The van der Waals surface area contributed by atoms with Crippen molar-refractivity contribution in [1.82, 2.24) is 0 Å². The third-order valence-corrected chi connectivity index (χ3v) is 4.97. The van der Waals surface area contributed by atoms with Crippen molar-refractivity contribution in [2.75, 3.05) is 0 Å². The van der Waals surface area contributed by atoms with Crippen LogP contribution in [0.3, 0.4) is 0 Å². The number of hydrogen-bond donors (Lipinski definition) is 1. The van der Waals surface area contributed by atoms with Crippen LogP contribution in [0.25, 0.3) is 0 Å². The molecule has 134 valence electrons. The highest BCUT2D eigenvalue weighted by atomic mass is 16.3. The second-order valence-corrected chi connectivity index (χ2v) is 7.16. The molecule has 26 heavy (non-hydrogen) atoms. The summed E-state index contributed by atoms with van der Waals surface area (Å²) in [6, 6.07) is 31.6. The fourth-order valence-corrected chi connectivity index (χ4v) is 3.62. The van der Waals surface area contributed by atoms with E-state index in [-0.39, 0.29) is 6.10 Å². The minimum absolute atomic E-state index is 0.290. The molecule has 0 radical (unpaired) electrons. The summed E-state index contributed by atoms with van der Waals surface area (Å²) in [6.45, 7) is 0. The summed E-state index contributed by atoms with van der Waals surface area (Å²) in [6.07, 6.45) is 4.48. The first kappa shape index (κ1) is 18.4. The van der Waals surface area contributed by atoms with E-state index in [4.69, 9.17) is 0 Å².